The Hall–Kier alpha value is -0.0800. The van der Waals surface area contributed by atoms with E-state index in [1.807, 2.05) is 0 Å². The third kappa shape index (κ3) is 2.12. The van der Waals surface area contributed by atoms with Gasteiger partial charge in [0.15, 0.2) is 0 Å². The second kappa shape index (κ2) is 3.21. The average molecular weight is 194 g/mol. The Morgan fingerprint density at radius 2 is 2.00 bits per heavy atom. The van der Waals surface area contributed by atoms with Gasteiger partial charge >= 0.3 is 0 Å². The molecule has 1 N–H and O–H groups in total. The molecule has 0 spiro atoms. The van der Waals surface area contributed by atoms with Gasteiger partial charge < -0.3 is 10.2 Å². The predicted molar refractivity (Wildman–Crippen MR) is 58.3 cm³/mol. The van der Waals surface area contributed by atoms with Crippen molar-refractivity contribution in [3.8, 4) is 0 Å². The highest BCUT2D eigenvalue weighted by Crippen LogP contribution is 2.45. The second-order valence-corrected chi connectivity index (χ2v) is 5.97. The van der Waals surface area contributed by atoms with Crippen LogP contribution in [0.5, 0.6) is 0 Å². The minimum absolute atomic E-state index is 0.703. The Bertz CT molecular complexity index is 218. The van der Waals surface area contributed by atoms with E-state index in [0.29, 0.717) is 5.41 Å². The molecule has 80 valence electrons. The zero-order valence-electron chi connectivity index (χ0n) is 9.26. The van der Waals surface area contributed by atoms with E-state index in [1.54, 1.807) is 0 Å². The molecular weight excluding hydrogens is 172 g/mol. The van der Waals surface area contributed by atoms with E-state index in [0.717, 1.165) is 12.1 Å². The molecule has 2 saturated carbocycles. The Balaban J connectivity index is 1.44. The molecule has 0 bridgehead atoms. The molecule has 3 rings (SSSR count). The Morgan fingerprint density at radius 1 is 1.21 bits per heavy atom. The van der Waals surface area contributed by atoms with Gasteiger partial charge in [0.25, 0.3) is 0 Å². The van der Waals surface area contributed by atoms with Crippen LogP contribution in [0, 0.1) is 5.41 Å². The van der Waals surface area contributed by atoms with Crippen molar-refractivity contribution in [2.75, 3.05) is 19.6 Å². The molecule has 2 heteroatoms. The van der Waals surface area contributed by atoms with E-state index in [-0.39, 0.29) is 0 Å². The standard InChI is InChI=1S/C12H22N2/c1-12(5-6-12)9-14-7-4-11(8-14)13-10-2-3-10/h10-11,13H,2-9H2,1H3. The van der Waals surface area contributed by atoms with Crippen LogP contribution >= 0.6 is 0 Å². The normalized spacial score (nSPS) is 36.2. The van der Waals surface area contributed by atoms with Crippen molar-refractivity contribution < 1.29 is 0 Å². The van der Waals surface area contributed by atoms with Gasteiger partial charge in [-0.1, -0.05) is 6.92 Å². The molecule has 0 aromatic carbocycles. The van der Waals surface area contributed by atoms with E-state index in [2.05, 4.69) is 17.1 Å². The summed E-state index contributed by atoms with van der Waals surface area (Å²) in [5, 5.41) is 3.75. The fourth-order valence-corrected chi connectivity index (χ4v) is 2.61. The zero-order valence-corrected chi connectivity index (χ0v) is 9.26. The van der Waals surface area contributed by atoms with Gasteiger partial charge in [-0.15, -0.1) is 0 Å². The van der Waals surface area contributed by atoms with Crippen molar-refractivity contribution >= 4 is 0 Å². The number of hydrogen-bond acceptors (Lipinski definition) is 2. The Kier molecular flexibility index (Phi) is 2.10. The summed E-state index contributed by atoms with van der Waals surface area (Å²) < 4.78 is 0. The first-order valence-electron chi connectivity index (χ1n) is 6.22. The lowest BCUT2D eigenvalue weighted by atomic mass is 10.1. The molecule has 3 fully saturated rings. The highest BCUT2D eigenvalue weighted by molar-refractivity contribution is 4.95. The third-order valence-electron chi connectivity index (χ3n) is 4.03. The monoisotopic (exact) mass is 194 g/mol. The highest BCUT2D eigenvalue weighted by Gasteiger charge is 2.40. The highest BCUT2D eigenvalue weighted by atomic mass is 15.2. The van der Waals surface area contributed by atoms with Crippen LogP contribution in [-0.4, -0.2) is 36.6 Å². The van der Waals surface area contributed by atoms with Crippen molar-refractivity contribution in [1.29, 1.82) is 0 Å². The van der Waals surface area contributed by atoms with E-state index in [9.17, 15) is 0 Å². The van der Waals surface area contributed by atoms with Crippen molar-refractivity contribution in [2.24, 2.45) is 5.41 Å². The van der Waals surface area contributed by atoms with Crippen LogP contribution in [0.25, 0.3) is 0 Å². The van der Waals surface area contributed by atoms with Crippen LogP contribution < -0.4 is 5.32 Å². The molecule has 1 aliphatic heterocycles. The molecule has 0 radical (unpaired) electrons. The largest absolute Gasteiger partial charge is 0.310 e. The minimum Gasteiger partial charge on any atom is -0.310 e. The summed E-state index contributed by atoms with van der Waals surface area (Å²) in [6.07, 6.45) is 7.16. The van der Waals surface area contributed by atoms with Gasteiger partial charge in [0.05, 0.1) is 0 Å². The summed E-state index contributed by atoms with van der Waals surface area (Å²) in [6.45, 7) is 6.44. The number of hydrogen-bond donors (Lipinski definition) is 1. The van der Waals surface area contributed by atoms with E-state index in [4.69, 9.17) is 0 Å². The molecule has 0 aromatic rings. The Labute approximate surface area is 87.0 Å². The van der Waals surface area contributed by atoms with Crippen molar-refractivity contribution in [3.05, 3.63) is 0 Å². The summed E-state index contributed by atoms with van der Waals surface area (Å²) in [5.41, 5.74) is 0.703. The number of likely N-dealkylation sites (tertiary alicyclic amines) is 1. The van der Waals surface area contributed by atoms with E-state index in [1.165, 1.54) is 51.7 Å². The molecule has 14 heavy (non-hydrogen) atoms. The third-order valence-corrected chi connectivity index (χ3v) is 4.03. The van der Waals surface area contributed by atoms with Crippen molar-refractivity contribution in [3.63, 3.8) is 0 Å². The number of nitrogens with one attached hydrogen (secondary N) is 1. The Morgan fingerprint density at radius 3 is 2.64 bits per heavy atom. The maximum absolute atomic E-state index is 3.75. The maximum Gasteiger partial charge on any atom is 0.0209 e. The lowest BCUT2D eigenvalue weighted by Gasteiger charge is -2.20. The zero-order chi connectivity index (χ0) is 9.60. The van der Waals surface area contributed by atoms with Gasteiger partial charge in [-0.2, -0.15) is 0 Å². The second-order valence-electron chi connectivity index (χ2n) is 5.97. The van der Waals surface area contributed by atoms with Crippen LogP contribution in [0.15, 0.2) is 0 Å². The lowest BCUT2D eigenvalue weighted by Crippen LogP contribution is -2.35. The summed E-state index contributed by atoms with van der Waals surface area (Å²) in [5.74, 6) is 0. The molecule has 1 heterocycles. The topological polar surface area (TPSA) is 15.3 Å². The molecule has 2 aliphatic carbocycles. The summed E-state index contributed by atoms with van der Waals surface area (Å²) >= 11 is 0. The minimum atomic E-state index is 0.703. The van der Waals surface area contributed by atoms with Gasteiger partial charge in [-0.3, -0.25) is 0 Å². The van der Waals surface area contributed by atoms with Crippen LogP contribution in [0.4, 0.5) is 0 Å². The van der Waals surface area contributed by atoms with Crippen molar-refractivity contribution in [1.82, 2.24) is 10.2 Å². The van der Waals surface area contributed by atoms with Crippen LogP contribution in [0.1, 0.15) is 39.0 Å². The van der Waals surface area contributed by atoms with E-state index < -0.39 is 0 Å². The number of nitrogens with zero attached hydrogens (tertiary/aromatic N) is 1. The van der Waals surface area contributed by atoms with Gasteiger partial charge in [0.2, 0.25) is 0 Å². The predicted octanol–water partition coefficient (Wildman–Crippen LogP) is 1.61. The quantitative estimate of drug-likeness (QED) is 0.731. The van der Waals surface area contributed by atoms with E-state index >= 15 is 0 Å². The average Bonchev–Trinajstić information content (AvgIpc) is 3.01. The fraction of sp³-hybridized carbons (Fsp3) is 1.00. The number of rotatable bonds is 4. The maximum atomic E-state index is 3.75. The molecule has 0 aromatic heterocycles. The fourth-order valence-electron chi connectivity index (χ4n) is 2.61. The van der Waals surface area contributed by atoms with Crippen LogP contribution in [-0.2, 0) is 0 Å². The molecular formula is C12H22N2. The summed E-state index contributed by atoms with van der Waals surface area (Å²) in [7, 11) is 0. The SMILES string of the molecule is CC1(CN2CCC(NC3CC3)C2)CC1. The van der Waals surface area contributed by atoms with Gasteiger partial charge in [0, 0.05) is 25.2 Å². The van der Waals surface area contributed by atoms with Gasteiger partial charge in [-0.25, -0.2) is 0 Å². The molecule has 3 aliphatic rings. The molecule has 1 unspecified atom stereocenters. The van der Waals surface area contributed by atoms with Crippen LogP contribution in [0.2, 0.25) is 0 Å². The molecule has 0 amide bonds. The molecule has 2 nitrogen and oxygen atoms in total. The smallest absolute Gasteiger partial charge is 0.0209 e. The lowest BCUT2D eigenvalue weighted by molar-refractivity contribution is 0.269. The first-order chi connectivity index (χ1) is 6.73. The first kappa shape index (κ1) is 9.17. The summed E-state index contributed by atoms with van der Waals surface area (Å²) in [4.78, 5) is 2.67. The van der Waals surface area contributed by atoms with Crippen LogP contribution in [0.3, 0.4) is 0 Å². The van der Waals surface area contributed by atoms with Gasteiger partial charge in [0.1, 0.15) is 0 Å². The first-order valence-corrected chi connectivity index (χ1v) is 6.22. The molecule has 1 saturated heterocycles. The summed E-state index contributed by atoms with van der Waals surface area (Å²) in [6, 6.07) is 1.70. The molecule has 1 atom stereocenters. The van der Waals surface area contributed by atoms with Gasteiger partial charge in [-0.05, 0) is 44.1 Å². The van der Waals surface area contributed by atoms with Crippen molar-refractivity contribution in [2.45, 2.75) is 51.1 Å².